The van der Waals surface area contributed by atoms with E-state index in [4.69, 9.17) is 2.74 Å². The number of hydrogen-bond acceptors (Lipinski definition) is 1. The quantitative estimate of drug-likeness (QED) is 0.141. The molecule has 0 N–H and O–H groups in total. The minimum atomic E-state index is 0.210. The van der Waals surface area contributed by atoms with E-state index in [1.165, 1.54) is 10.8 Å². The van der Waals surface area contributed by atoms with Crippen LogP contribution in [0.2, 0.25) is 0 Å². The van der Waals surface area contributed by atoms with Crippen LogP contribution in [0.15, 0.2) is 176 Å². The molecule has 0 saturated carbocycles. The lowest BCUT2D eigenvalue weighted by Gasteiger charge is -2.25. The van der Waals surface area contributed by atoms with Crippen LogP contribution in [0.25, 0.3) is 55.5 Å². The Bertz CT molecular complexity index is 2370. The standard InChI is InChI=1S/C44H31N/c1-3-11-40(12-4-1)45(41-13-5-2-6-14-41)42-26-28-44-39(31-42)25-24-38-29-33(19-27-43(38)44)16-15-32-17-20-35(21-18-32)37-23-22-34-9-7-8-10-36(34)30-37/h1-31H/b16-15+/i15D,16D. The van der Waals surface area contributed by atoms with E-state index in [0.29, 0.717) is 0 Å². The Balaban J connectivity index is 1.11. The number of fused-ring (bicyclic) bond motifs is 4. The zero-order valence-corrected chi connectivity index (χ0v) is 24.7. The molecule has 0 bridgehead atoms. The number of anilines is 3. The van der Waals surface area contributed by atoms with Gasteiger partial charge in [-0.1, -0.05) is 139 Å². The molecular weight excluding hydrogens is 542 g/mol. The molecule has 0 saturated heterocycles. The predicted molar refractivity (Wildman–Crippen MR) is 194 cm³/mol. The van der Waals surface area contributed by atoms with E-state index >= 15 is 0 Å². The Kier molecular flexibility index (Phi) is 6.34. The van der Waals surface area contributed by atoms with Gasteiger partial charge in [0.2, 0.25) is 0 Å². The van der Waals surface area contributed by atoms with Gasteiger partial charge < -0.3 is 4.90 Å². The van der Waals surface area contributed by atoms with Crippen LogP contribution in [0.4, 0.5) is 17.1 Å². The average molecular weight is 576 g/mol. The van der Waals surface area contributed by atoms with Crippen LogP contribution in [-0.2, 0) is 0 Å². The number of rotatable bonds is 6. The summed E-state index contributed by atoms with van der Waals surface area (Å²) in [7, 11) is 0. The van der Waals surface area contributed by atoms with Crippen LogP contribution in [0, 0.1) is 0 Å². The fraction of sp³-hybridized carbons (Fsp3) is 0. The highest BCUT2D eigenvalue weighted by atomic mass is 15.1. The lowest BCUT2D eigenvalue weighted by atomic mass is 9.98. The van der Waals surface area contributed by atoms with Crippen LogP contribution in [0.5, 0.6) is 0 Å². The summed E-state index contributed by atoms with van der Waals surface area (Å²) in [6.45, 7) is 0. The molecule has 8 aromatic rings. The summed E-state index contributed by atoms with van der Waals surface area (Å²) >= 11 is 0. The topological polar surface area (TPSA) is 3.24 Å². The SMILES string of the molecule is [2H]/C(=C(/[2H])c1ccc2c(ccc3cc(N(c4ccccc4)c4ccccc4)ccc32)c1)c1ccc(-c2ccc3ccccc3c2)cc1. The molecule has 1 nitrogen and oxygen atoms in total. The Morgan fingerprint density at radius 1 is 0.356 bits per heavy atom. The maximum absolute atomic E-state index is 8.93. The predicted octanol–water partition coefficient (Wildman–Crippen LogP) is 12.5. The van der Waals surface area contributed by atoms with Crippen molar-refractivity contribution in [3.63, 3.8) is 0 Å². The maximum Gasteiger partial charge on any atom is 0.0629 e. The van der Waals surface area contributed by atoms with Crippen molar-refractivity contribution in [3.05, 3.63) is 187 Å². The molecule has 0 spiro atoms. The van der Waals surface area contributed by atoms with Crippen molar-refractivity contribution in [1.29, 1.82) is 0 Å². The van der Waals surface area contributed by atoms with E-state index in [0.717, 1.165) is 60.9 Å². The summed E-state index contributed by atoms with van der Waals surface area (Å²) in [5, 5.41) is 6.90. The lowest BCUT2D eigenvalue weighted by molar-refractivity contribution is 1.29. The molecule has 0 aromatic heterocycles. The van der Waals surface area contributed by atoms with Crippen LogP contribution >= 0.6 is 0 Å². The van der Waals surface area contributed by atoms with E-state index in [-0.39, 0.29) is 12.1 Å². The second-order valence-corrected chi connectivity index (χ2v) is 11.3. The van der Waals surface area contributed by atoms with Gasteiger partial charge in [-0.05, 0) is 103 Å². The van der Waals surface area contributed by atoms with Gasteiger partial charge in [-0.15, -0.1) is 0 Å². The second kappa shape index (κ2) is 11.6. The number of para-hydroxylation sites is 2. The normalized spacial score (nSPS) is 12.5. The van der Waals surface area contributed by atoms with Gasteiger partial charge in [-0.3, -0.25) is 0 Å². The van der Waals surface area contributed by atoms with Gasteiger partial charge in [0, 0.05) is 17.1 Å². The summed E-state index contributed by atoms with van der Waals surface area (Å²) in [6, 6.07) is 61.0. The van der Waals surface area contributed by atoms with Crippen LogP contribution in [0.1, 0.15) is 13.9 Å². The van der Waals surface area contributed by atoms with E-state index in [1.54, 1.807) is 0 Å². The smallest absolute Gasteiger partial charge is 0.0629 e. The first-order valence-corrected chi connectivity index (χ1v) is 15.3. The first kappa shape index (κ1) is 24.5. The molecule has 45 heavy (non-hydrogen) atoms. The maximum atomic E-state index is 8.93. The fourth-order valence-electron chi connectivity index (χ4n) is 6.14. The van der Waals surface area contributed by atoms with E-state index in [9.17, 15) is 0 Å². The van der Waals surface area contributed by atoms with Crippen molar-refractivity contribution >= 4 is 61.5 Å². The number of hydrogen-bond donors (Lipinski definition) is 0. The molecule has 0 aliphatic heterocycles. The Morgan fingerprint density at radius 2 is 0.889 bits per heavy atom. The fourth-order valence-corrected chi connectivity index (χ4v) is 6.14. The zero-order valence-electron chi connectivity index (χ0n) is 26.7. The van der Waals surface area contributed by atoms with Crippen LogP contribution in [-0.4, -0.2) is 0 Å². The first-order chi connectivity index (χ1) is 23.1. The third-order valence-electron chi connectivity index (χ3n) is 8.43. The third-order valence-corrected chi connectivity index (χ3v) is 8.43. The summed E-state index contributed by atoms with van der Waals surface area (Å²) in [4.78, 5) is 2.27. The van der Waals surface area contributed by atoms with Gasteiger partial charge in [0.05, 0.1) is 2.74 Å². The summed E-state index contributed by atoms with van der Waals surface area (Å²) in [5.74, 6) is 0. The molecule has 0 heterocycles. The van der Waals surface area contributed by atoms with Crippen molar-refractivity contribution in [2.45, 2.75) is 0 Å². The van der Waals surface area contributed by atoms with Crippen molar-refractivity contribution in [3.8, 4) is 11.1 Å². The molecule has 212 valence electrons. The Labute approximate surface area is 266 Å². The Hall–Kier alpha value is -5.92. The summed E-state index contributed by atoms with van der Waals surface area (Å²) < 4.78 is 17.8. The van der Waals surface area contributed by atoms with Crippen LogP contribution in [0.3, 0.4) is 0 Å². The van der Waals surface area contributed by atoms with Gasteiger partial charge in [0.25, 0.3) is 0 Å². The van der Waals surface area contributed by atoms with Gasteiger partial charge >= 0.3 is 0 Å². The summed E-state index contributed by atoms with van der Waals surface area (Å²) in [6.07, 6.45) is 0. The van der Waals surface area contributed by atoms with Crippen molar-refractivity contribution in [2.24, 2.45) is 0 Å². The molecule has 1 heteroatoms. The number of nitrogens with zero attached hydrogens (tertiary/aromatic N) is 1. The van der Waals surface area contributed by atoms with Gasteiger partial charge in [-0.25, -0.2) is 0 Å². The van der Waals surface area contributed by atoms with Gasteiger partial charge in [0.1, 0.15) is 0 Å². The molecule has 0 aliphatic rings. The molecule has 0 unspecified atom stereocenters. The molecular formula is C44H31N. The van der Waals surface area contributed by atoms with Gasteiger partial charge in [0.15, 0.2) is 0 Å². The van der Waals surface area contributed by atoms with E-state index in [1.807, 2.05) is 48.5 Å². The van der Waals surface area contributed by atoms with E-state index in [2.05, 4.69) is 132 Å². The summed E-state index contributed by atoms with van der Waals surface area (Å²) in [5.41, 5.74) is 6.99. The van der Waals surface area contributed by atoms with Crippen molar-refractivity contribution in [1.82, 2.24) is 0 Å². The molecule has 0 aliphatic carbocycles. The average Bonchev–Trinajstić information content (AvgIpc) is 3.14. The van der Waals surface area contributed by atoms with Crippen LogP contribution < -0.4 is 4.90 Å². The highest BCUT2D eigenvalue weighted by molar-refractivity contribution is 6.09. The van der Waals surface area contributed by atoms with Crippen molar-refractivity contribution < 1.29 is 2.74 Å². The monoisotopic (exact) mass is 575 g/mol. The highest BCUT2D eigenvalue weighted by Crippen LogP contribution is 2.37. The second-order valence-electron chi connectivity index (χ2n) is 11.3. The largest absolute Gasteiger partial charge is 0.310 e. The molecule has 8 rings (SSSR count). The molecule has 0 fully saturated rings. The highest BCUT2D eigenvalue weighted by Gasteiger charge is 2.13. The zero-order chi connectivity index (χ0) is 31.7. The lowest BCUT2D eigenvalue weighted by Crippen LogP contribution is -2.09. The Morgan fingerprint density at radius 3 is 1.60 bits per heavy atom. The first-order valence-electron chi connectivity index (χ1n) is 16.3. The van der Waals surface area contributed by atoms with Crippen molar-refractivity contribution in [2.75, 3.05) is 4.90 Å². The molecule has 0 atom stereocenters. The molecule has 0 amide bonds. The minimum absolute atomic E-state index is 0.210. The molecule has 0 radical (unpaired) electrons. The van der Waals surface area contributed by atoms with E-state index < -0.39 is 0 Å². The minimum Gasteiger partial charge on any atom is -0.310 e. The third kappa shape index (κ3) is 5.37. The number of benzene rings is 8. The molecule has 8 aromatic carbocycles. The van der Waals surface area contributed by atoms with Gasteiger partial charge in [-0.2, -0.15) is 0 Å².